The highest BCUT2D eigenvalue weighted by Gasteiger charge is 2.20. The minimum atomic E-state index is -0.828. The molecule has 1 saturated heterocycles. The zero-order chi connectivity index (χ0) is 12.3. The summed E-state index contributed by atoms with van der Waals surface area (Å²) in [7, 11) is 0. The summed E-state index contributed by atoms with van der Waals surface area (Å²) in [5.74, 6) is 0. The van der Waals surface area contributed by atoms with Gasteiger partial charge in [0.2, 0.25) is 0 Å². The standard InChI is InChI=1S/C11H14BrN3O2/c12-10-3-1-2-9(13-10)8-14-4-6-15(7-5-14)11(16)17/h1-3H,4-8H2,(H,16,17). The minimum absolute atomic E-state index is 0.573. The Morgan fingerprint density at radius 2 is 2.06 bits per heavy atom. The third-order valence-corrected chi connectivity index (χ3v) is 3.24. The van der Waals surface area contributed by atoms with Crippen LogP contribution in [-0.2, 0) is 6.54 Å². The molecule has 0 radical (unpaired) electrons. The van der Waals surface area contributed by atoms with Gasteiger partial charge in [0.15, 0.2) is 0 Å². The lowest BCUT2D eigenvalue weighted by molar-refractivity contribution is 0.102. The van der Waals surface area contributed by atoms with E-state index in [-0.39, 0.29) is 0 Å². The van der Waals surface area contributed by atoms with E-state index in [2.05, 4.69) is 25.8 Å². The quantitative estimate of drug-likeness (QED) is 0.844. The van der Waals surface area contributed by atoms with Crippen molar-refractivity contribution < 1.29 is 9.90 Å². The molecule has 0 saturated carbocycles. The van der Waals surface area contributed by atoms with Gasteiger partial charge in [0.05, 0.1) is 5.69 Å². The van der Waals surface area contributed by atoms with Gasteiger partial charge in [0.1, 0.15) is 4.60 Å². The molecule has 0 unspecified atom stereocenters. The van der Waals surface area contributed by atoms with Crippen LogP contribution in [-0.4, -0.2) is 52.2 Å². The molecule has 0 aliphatic carbocycles. The van der Waals surface area contributed by atoms with Gasteiger partial charge in [-0.1, -0.05) is 6.07 Å². The van der Waals surface area contributed by atoms with Crippen LogP contribution >= 0.6 is 15.9 Å². The highest BCUT2D eigenvalue weighted by Crippen LogP contribution is 2.10. The number of carbonyl (C=O) groups is 1. The van der Waals surface area contributed by atoms with Crippen molar-refractivity contribution in [1.82, 2.24) is 14.8 Å². The lowest BCUT2D eigenvalue weighted by Gasteiger charge is -2.32. The average Bonchev–Trinajstić information content (AvgIpc) is 2.29. The number of hydrogen-bond donors (Lipinski definition) is 1. The van der Waals surface area contributed by atoms with Gasteiger partial charge in [-0.25, -0.2) is 9.78 Å². The van der Waals surface area contributed by atoms with Crippen LogP contribution in [0.5, 0.6) is 0 Å². The molecule has 1 fully saturated rings. The predicted octanol–water partition coefficient (Wildman–Crippen LogP) is 1.64. The topological polar surface area (TPSA) is 56.7 Å². The van der Waals surface area contributed by atoms with Crippen molar-refractivity contribution in [3.8, 4) is 0 Å². The number of halogens is 1. The first-order valence-electron chi connectivity index (χ1n) is 5.47. The van der Waals surface area contributed by atoms with Gasteiger partial charge in [0, 0.05) is 32.7 Å². The van der Waals surface area contributed by atoms with Gasteiger partial charge in [-0.05, 0) is 28.1 Å². The Balaban J connectivity index is 1.88. The van der Waals surface area contributed by atoms with Gasteiger partial charge < -0.3 is 10.0 Å². The van der Waals surface area contributed by atoms with E-state index in [0.717, 1.165) is 29.9 Å². The maximum atomic E-state index is 10.8. The highest BCUT2D eigenvalue weighted by molar-refractivity contribution is 9.10. The van der Waals surface area contributed by atoms with Crippen LogP contribution in [0.4, 0.5) is 4.79 Å². The summed E-state index contributed by atoms with van der Waals surface area (Å²) in [6.45, 7) is 3.44. The molecule has 1 aliphatic heterocycles. The molecule has 92 valence electrons. The summed E-state index contributed by atoms with van der Waals surface area (Å²) in [5, 5.41) is 8.84. The predicted molar refractivity (Wildman–Crippen MR) is 66.8 cm³/mol. The molecule has 1 N–H and O–H groups in total. The van der Waals surface area contributed by atoms with E-state index in [1.54, 1.807) is 0 Å². The summed E-state index contributed by atoms with van der Waals surface area (Å²) in [6.07, 6.45) is -0.828. The maximum Gasteiger partial charge on any atom is 0.407 e. The maximum absolute atomic E-state index is 10.8. The molecule has 1 aromatic heterocycles. The van der Waals surface area contributed by atoms with Crippen molar-refractivity contribution in [3.63, 3.8) is 0 Å². The molecule has 1 aromatic rings. The van der Waals surface area contributed by atoms with E-state index < -0.39 is 6.09 Å². The third kappa shape index (κ3) is 3.41. The molecular formula is C11H14BrN3O2. The molecular weight excluding hydrogens is 286 g/mol. The smallest absolute Gasteiger partial charge is 0.407 e. The molecule has 5 nitrogen and oxygen atoms in total. The number of piperazine rings is 1. The van der Waals surface area contributed by atoms with Gasteiger partial charge >= 0.3 is 6.09 Å². The minimum Gasteiger partial charge on any atom is -0.465 e. The van der Waals surface area contributed by atoms with Crippen molar-refractivity contribution in [3.05, 3.63) is 28.5 Å². The Hall–Kier alpha value is -1.14. The number of nitrogens with zero attached hydrogens (tertiary/aromatic N) is 3. The van der Waals surface area contributed by atoms with E-state index >= 15 is 0 Å². The molecule has 2 heterocycles. The van der Waals surface area contributed by atoms with Crippen LogP contribution in [0.25, 0.3) is 0 Å². The van der Waals surface area contributed by atoms with E-state index in [4.69, 9.17) is 5.11 Å². The second-order valence-corrected chi connectivity index (χ2v) is 4.81. The Kier molecular flexibility index (Phi) is 3.96. The Morgan fingerprint density at radius 3 is 2.65 bits per heavy atom. The van der Waals surface area contributed by atoms with Crippen LogP contribution < -0.4 is 0 Å². The zero-order valence-electron chi connectivity index (χ0n) is 9.34. The van der Waals surface area contributed by atoms with Crippen molar-refractivity contribution in [1.29, 1.82) is 0 Å². The van der Waals surface area contributed by atoms with Gasteiger partial charge in [0.25, 0.3) is 0 Å². The molecule has 1 aliphatic rings. The van der Waals surface area contributed by atoms with Gasteiger partial charge in [-0.3, -0.25) is 4.90 Å². The first kappa shape index (κ1) is 12.3. The average molecular weight is 300 g/mol. The van der Waals surface area contributed by atoms with Crippen molar-refractivity contribution in [2.75, 3.05) is 26.2 Å². The normalized spacial score (nSPS) is 17.1. The number of rotatable bonds is 2. The Morgan fingerprint density at radius 1 is 1.35 bits per heavy atom. The fourth-order valence-electron chi connectivity index (χ4n) is 1.86. The largest absolute Gasteiger partial charge is 0.465 e. The van der Waals surface area contributed by atoms with E-state index in [9.17, 15) is 4.79 Å². The van der Waals surface area contributed by atoms with Crippen LogP contribution in [0.15, 0.2) is 22.8 Å². The Labute approximate surface area is 108 Å². The summed E-state index contributed by atoms with van der Waals surface area (Å²) < 4.78 is 0.833. The SMILES string of the molecule is O=C(O)N1CCN(Cc2cccc(Br)n2)CC1. The van der Waals surface area contributed by atoms with Crippen molar-refractivity contribution >= 4 is 22.0 Å². The molecule has 1 amide bonds. The zero-order valence-corrected chi connectivity index (χ0v) is 10.9. The van der Waals surface area contributed by atoms with Crippen molar-refractivity contribution in [2.45, 2.75) is 6.54 Å². The van der Waals surface area contributed by atoms with Crippen LogP contribution in [0.1, 0.15) is 5.69 Å². The molecule has 6 heteroatoms. The summed E-state index contributed by atoms with van der Waals surface area (Å²) >= 11 is 3.34. The molecule has 2 rings (SSSR count). The van der Waals surface area contributed by atoms with Gasteiger partial charge in [-0.2, -0.15) is 0 Å². The lowest BCUT2D eigenvalue weighted by Crippen LogP contribution is -2.47. The van der Waals surface area contributed by atoms with Crippen LogP contribution in [0, 0.1) is 0 Å². The van der Waals surface area contributed by atoms with E-state index in [1.165, 1.54) is 4.90 Å². The molecule has 0 spiro atoms. The fraction of sp³-hybridized carbons (Fsp3) is 0.455. The lowest BCUT2D eigenvalue weighted by atomic mass is 10.3. The van der Waals surface area contributed by atoms with E-state index in [1.807, 2.05) is 18.2 Å². The molecule has 17 heavy (non-hydrogen) atoms. The van der Waals surface area contributed by atoms with Gasteiger partial charge in [-0.15, -0.1) is 0 Å². The third-order valence-electron chi connectivity index (χ3n) is 2.80. The number of aromatic nitrogens is 1. The Bertz CT molecular complexity index is 405. The number of hydrogen-bond acceptors (Lipinski definition) is 3. The molecule has 0 bridgehead atoms. The fourth-order valence-corrected chi connectivity index (χ4v) is 2.25. The number of amides is 1. The second kappa shape index (κ2) is 5.46. The van der Waals surface area contributed by atoms with Crippen molar-refractivity contribution in [2.24, 2.45) is 0 Å². The molecule has 0 aromatic carbocycles. The second-order valence-electron chi connectivity index (χ2n) is 4.00. The molecule has 0 atom stereocenters. The number of carboxylic acid groups (broad SMARTS) is 1. The van der Waals surface area contributed by atoms with E-state index in [0.29, 0.717) is 13.1 Å². The first-order chi connectivity index (χ1) is 8.15. The highest BCUT2D eigenvalue weighted by atomic mass is 79.9. The summed E-state index contributed by atoms with van der Waals surface area (Å²) in [6, 6.07) is 5.83. The van der Waals surface area contributed by atoms with Crippen LogP contribution in [0.2, 0.25) is 0 Å². The monoisotopic (exact) mass is 299 g/mol. The van der Waals surface area contributed by atoms with Crippen LogP contribution in [0.3, 0.4) is 0 Å². The number of pyridine rings is 1. The first-order valence-corrected chi connectivity index (χ1v) is 6.26. The summed E-state index contributed by atoms with van der Waals surface area (Å²) in [5.41, 5.74) is 1.00. The summed E-state index contributed by atoms with van der Waals surface area (Å²) in [4.78, 5) is 18.8.